The van der Waals surface area contributed by atoms with Crippen molar-refractivity contribution in [2.75, 3.05) is 0 Å². The van der Waals surface area contributed by atoms with Crippen LogP contribution in [0.2, 0.25) is 0 Å². The molecule has 0 aliphatic heterocycles. The van der Waals surface area contributed by atoms with E-state index in [1.165, 1.54) is 0 Å². The molecule has 3 nitrogen and oxygen atoms in total. The van der Waals surface area contributed by atoms with Crippen LogP contribution in [0.3, 0.4) is 0 Å². The van der Waals surface area contributed by atoms with Gasteiger partial charge in [0, 0.05) is 0 Å². The van der Waals surface area contributed by atoms with Crippen LogP contribution in [-0.4, -0.2) is 0 Å². The lowest BCUT2D eigenvalue weighted by atomic mass is 9.98. The van der Waals surface area contributed by atoms with Gasteiger partial charge in [0.1, 0.15) is 5.76 Å². The van der Waals surface area contributed by atoms with Gasteiger partial charge in [0.2, 0.25) is 0 Å². The fraction of sp³-hybridized carbons (Fsp3) is 0.600. The van der Waals surface area contributed by atoms with Crippen LogP contribution < -0.4 is 11.3 Å². The van der Waals surface area contributed by atoms with Gasteiger partial charge in [-0.25, -0.2) is 5.43 Å². The van der Waals surface area contributed by atoms with Crippen molar-refractivity contribution in [2.24, 2.45) is 11.8 Å². The second-order valence-corrected chi connectivity index (χ2v) is 4.39. The van der Waals surface area contributed by atoms with Gasteiger partial charge in [-0.15, -0.1) is 0 Å². The lowest BCUT2D eigenvalue weighted by Crippen LogP contribution is -2.29. The average molecular weight is 261 g/mol. The van der Waals surface area contributed by atoms with E-state index in [4.69, 9.17) is 10.3 Å². The first-order chi connectivity index (χ1) is 6.67. The highest BCUT2D eigenvalue weighted by Crippen LogP contribution is 2.25. The van der Waals surface area contributed by atoms with Gasteiger partial charge in [-0.1, -0.05) is 20.3 Å². The van der Waals surface area contributed by atoms with E-state index in [9.17, 15) is 0 Å². The van der Waals surface area contributed by atoms with Crippen LogP contribution in [0.1, 0.15) is 38.5 Å². The summed E-state index contributed by atoms with van der Waals surface area (Å²) in [4.78, 5) is 0. The highest BCUT2D eigenvalue weighted by Gasteiger charge is 2.16. The smallest absolute Gasteiger partial charge is 0.169 e. The van der Waals surface area contributed by atoms with Gasteiger partial charge in [0.25, 0.3) is 0 Å². The first-order valence-electron chi connectivity index (χ1n) is 4.88. The Morgan fingerprint density at radius 3 is 2.71 bits per heavy atom. The molecule has 0 bridgehead atoms. The molecule has 1 rings (SSSR count). The molecule has 1 heterocycles. The zero-order valence-corrected chi connectivity index (χ0v) is 10.2. The molecule has 14 heavy (non-hydrogen) atoms. The zero-order chi connectivity index (χ0) is 10.6. The minimum Gasteiger partial charge on any atom is -0.453 e. The standard InChI is InChI=1S/C10H17BrN2O/c1-3-7(2)6-8(13-12)9-4-5-10(11)14-9/h4-5,7-8,13H,3,6,12H2,1-2H3. The molecule has 0 saturated carbocycles. The maximum atomic E-state index is 5.49. The van der Waals surface area contributed by atoms with E-state index >= 15 is 0 Å². The summed E-state index contributed by atoms with van der Waals surface area (Å²) < 4.78 is 6.20. The van der Waals surface area contributed by atoms with E-state index in [0.717, 1.165) is 23.3 Å². The molecule has 0 amide bonds. The molecular formula is C10H17BrN2O. The van der Waals surface area contributed by atoms with Crippen LogP contribution in [0, 0.1) is 5.92 Å². The summed E-state index contributed by atoms with van der Waals surface area (Å²) in [6, 6.07) is 3.93. The van der Waals surface area contributed by atoms with E-state index in [0.29, 0.717) is 5.92 Å². The molecule has 3 N–H and O–H groups in total. The summed E-state index contributed by atoms with van der Waals surface area (Å²) in [6.45, 7) is 4.39. The highest BCUT2D eigenvalue weighted by molar-refractivity contribution is 9.10. The quantitative estimate of drug-likeness (QED) is 0.632. The SMILES string of the molecule is CCC(C)CC(NN)c1ccc(Br)o1. The van der Waals surface area contributed by atoms with Gasteiger partial charge in [-0.2, -0.15) is 0 Å². The molecule has 2 atom stereocenters. The Balaban J connectivity index is 2.62. The van der Waals surface area contributed by atoms with E-state index in [2.05, 4.69) is 35.2 Å². The van der Waals surface area contributed by atoms with Crippen molar-refractivity contribution in [1.29, 1.82) is 0 Å². The number of hydrazine groups is 1. The van der Waals surface area contributed by atoms with Crippen LogP contribution >= 0.6 is 15.9 Å². The second-order valence-electron chi connectivity index (χ2n) is 3.61. The monoisotopic (exact) mass is 260 g/mol. The Hall–Kier alpha value is -0.320. The predicted octanol–water partition coefficient (Wildman–Crippen LogP) is 2.98. The molecule has 0 aliphatic rings. The van der Waals surface area contributed by atoms with Crippen LogP contribution in [0.15, 0.2) is 21.2 Å². The Kier molecular flexibility index (Phi) is 4.65. The van der Waals surface area contributed by atoms with E-state index in [-0.39, 0.29) is 6.04 Å². The summed E-state index contributed by atoms with van der Waals surface area (Å²) in [6.07, 6.45) is 2.15. The van der Waals surface area contributed by atoms with E-state index < -0.39 is 0 Å². The third-order valence-corrected chi connectivity index (χ3v) is 2.90. The van der Waals surface area contributed by atoms with E-state index in [1.54, 1.807) is 0 Å². The summed E-state index contributed by atoms with van der Waals surface area (Å²) >= 11 is 3.28. The largest absolute Gasteiger partial charge is 0.453 e. The molecule has 0 saturated heterocycles. The number of nitrogens with two attached hydrogens (primary N) is 1. The summed E-state index contributed by atoms with van der Waals surface area (Å²) in [5, 5.41) is 0. The van der Waals surface area contributed by atoms with Gasteiger partial charge in [-0.05, 0) is 40.4 Å². The Morgan fingerprint density at radius 1 is 1.57 bits per heavy atom. The number of nitrogens with one attached hydrogen (secondary N) is 1. The molecule has 0 fully saturated rings. The van der Waals surface area contributed by atoms with Crippen molar-refractivity contribution in [3.63, 3.8) is 0 Å². The van der Waals surface area contributed by atoms with Crippen molar-refractivity contribution in [3.05, 3.63) is 22.6 Å². The second kappa shape index (κ2) is 5.53. The van der Waals surface area contributed by atoms with Gasteiger partial charge >= 0.3 is 0 Å². The number of furan rings is 1. The average Bonchev–Trinajstić information content (AvgIpc) is 2.60. The predicted molar refractivity (Wildman–Crippen MR) is 60.5 cm³/mol. The lowest BCUT2D eigenvalue weighted by molar-refractivity contribution is 0.345. The normalized spacial score (nSPS) is 15.4. The number of hydrogen-bond acceptors (Lipinski definition) is 3. The minimum atomic E-state index is 0.108. The third-order valence-electron chi connectivity index (χ3n) is 2.47. The van der Waals surface area contributed by atoms with Crippen molar-refractivity contribution in [2.45, 2.75) is 32.7 Å². The maximum Gasteiger partial charge on any atom is 0.169 e. The third kappa shape index (κ3) is 3.12. The topological polar surface area (TPSA) is 51.2 Å². The van der Waals surface area contributed by atoms with Crippen LogP contribution in [-0.2, 0) is 0 Å². The summed E-state index contributed by atoms with van der Waals surface area (Å²) in [5.74, 6) is 7.02. The molecule has 2 unspecified atom stereocenters. The Bertz CT molecular complexity index is 275. The highest BCUT2D eigenvalue weighted by atomic mass is 79.9. The molecule has 0 radical (unpaired) electrons. The molecule has 0 spiro atoms. The number of rotatable bonds is 5. The van der Waals surface area contributed by atoms with E-state index in [1.807, 2.05) is 12.1 Å². The van der Waals surface area contributed by atoms with Gasteiger partial charge in [0.15, 0.2) is 4.67 Å². The molecule has 0 aromatic carbocycles. The van der Waals surface area contributed by atoms with Gasteiger partial charge < -0.3 is 4.42 Å². The molecule has 1 aromatic rings. The Morgan fingerprint density at radius 2 is 2.29 bits per heavy atom. The molecule has 0 aliphatic carbocycles. The minimum absolute atomic E-state index is 0.108. The van der Waals surface area contributed by atoms with Crippen molar-refractivity contribution in [1.82, 2.24) is 5.43 Å². The fourth-order valence-electron chi connectivity index (χ4n) is 1.35. The first-order valence-corrected chi connectivity index (χ1v) is 5.68. The van der Waals surface area contributed by atoms with Gasteiger partial charge in [-0.3, -0.25) is 5.84 Å². The molecular weight excluding hydrogens is 244 g/mol. The fourth-order valence-corrected chi connectivity index (χ4v) is 1.67. The summed E-state index contributed by atoms with van der Waals surface area (Å²) in [7, 11) is 0. The molecule has 1 aromatic heterocycles. The van der Waals surface area contributed by atoms with Crippen molar-refractivity contribution >= 4 is 15.9 Å². The first kappa shape index (κ1) is 11.8. The van der Waals surface area contributed by atoms with Crippen LogP contribution in [0.4, 0.5) is 0 Å². The van der Waals surface area contributed by atoms with Crippen LogP contribution in [0.25, 0.3) is 0 Å². The van der Waals surface area contributed by atoms with Crippen molar-refractivity contribution < 1.29 is 4.42 Å². The van der Waals surface area contributed by atoms with Gasteiger partial charge in [0.05, 0.1) is 6.04 Å². The molecule has 80 valence electrons. The summed E-state index contributed by atoms with van der Waals surface area (Å²) in [5.41, 5.74) is 2.78. The van der Waals surface area contributed by atoms with Crippen LogP contribution in [0.5, 0.6) is 0 Å². The molecule has 4 heteroatoms. The van der Waals surface area contributed by atoms with Crippen molar-refractivity contribution in [3.8, 4) is 0 Å². The zero-order valence-electron chi connectivity index (χ0n) is 8.59. The number of halogens is 1. The lowest BCUT2D eigenvalue weighted by Gasteiger charge is -2.17. The maximum absolute atomic E-state index is 5.49. The number of hydrogen-bond donors (Lipinski definition) is 2. The Labute approximate surface area is 93.1 Å².